The van der Waals surface area contributed by atoms with Gasteiger partial charge in [0.2, 0.25) is 5.72 Å². The topological polar surface area (TPSA) is 75.4 Å². The summed E-state index contributed by atoms with van der Waals surface area (Å²) >= 11 is 0. The van der Waals surface area contributed by atoms with Gasteiger partial charge in [-0.2, -0.15) is 0 Å². The van der Waals surface area contributed by atoms with Crippen LogP contribution in [0.15, 0.2) is 24.4 Å². The van der Waals surface area contributed by atoms with E-state index in [1.54, 1.807) is 12.2 Å². The van der Waals surface area contributed by atoms with Crippen molar-refractivity contribution in [2.75, 3.05) is 0 Å². The number of rotatable bonds is 1. The molecule has 0 bridgehead atoms. The van der Waals surface area contributed by atoms with Gasteiger partial charge in [-0.15, -0.1) is 0 Å². The van der Waals surface area contributed by atoms with E-state index in [1.807, 2.05) is 0 Å². The van der Waals surface area contributed by atoms with Crippen LogP contribution in [0.2, 0.25) is 0 Å². The number of carbonyl (C=O) groups excluding carboxylic acids is 1. The number of aliphatic hydroxyl groups is 1. The lowest BCUT2D eigenvalue weighted by Gasteiger charge is -2.22. The fraction of sp³-hybridized carbons (Fsp3) is 0.167. The first-order valence-corrected chi connectivity index (χ1v) is 2.79. The van der Waals surface area contributed by atoms with Gasteiger partial charge in [0.25, 0.3) is 5.91 Å². The van der Waals surface area contributed by atoms with Gasteiger partial charge in [-0.3, -0.25) is 4.79 Å². The molecule has 1 heterocycles. The van der Waals surface area contributed by atoms with Gasteiger partial charge in [0, 0.05) is 0 Å². The lowest BCUT2D eigenvalue weighted by molar-refractivity contribution is -0.133. The third kappa shape index (κ3) is 1.01. The average molecular weight is 140 g/mol. The number of nitrogens with two attached hydrogens (primary N) is 1. The monoisotopic (exact) mass is 140 g/mol. The van der Waals surface area contributed by atoms with Crippen molar-refractivity contribution in [3.05, 3.63) is 24.4 Å². The van der Waals surface area contributed by atoms with E-state index in [2.05, 4.69) is 5.32 Å². The van der Waals surface area contributed by atoms with Crippen LogP contribution >= 0.6 is 0 Å². The Bertz CT molecular complexity index is 210. The second-order valence-electron chi connectivity index (χ2n) is 1.99. The van der Waals surface area contributed by atoms with Crippen molar-refractivity contribution in [2.24, 2.45) is 5.73 Å². The summed E-state index contributed by atoms with van der Waals surface area (Å²) in [6, 6.07) is 0. The number of hydrogen-bond donors (Lipinski definition) is 3. The lowest BCUT2D eigenvalue weighted by atomic mass is 10.1. The molecule has 4 nitrogen and oxygen atoms in total. The highest BCUT2D eigenvalue weighted by Crippen LogP contribution is 2.04. The van der Waals surface area contributed by atoms with Crippen LogP contribution < -0.4 is 11.1 Å². The van der Waals surface area contributed by atoms with E-state index in [0.29, 0.717) is 0 Å². The van der Waals surface area contributed by atoms with Crippen LogP contribution in [0.4, 0.5) is 0 Å². The molecule has 0 saturated heterocycles. The molecule has 0 fully saturated rings. The molecule has 0 aliphatic carbocycles. The largest absolute Gasteiger partial charge is 0.365 e. The molecule has 4 heteroatoms. The fourth-order valence-corrected chi connectivity index (χ4v) is 0.627. The third-order valence-corrected chi connectivity index (χ3v) is 1.22. The van der Waals surface area contributed by atoms with Crippen LogP contribution in [0.1, 0.15) is 0 Å². The van der Waals surface area contributed by atoms with E-state index < -0.39 is 11.6 Å². The Morgan fingerprint density at radius 1 is 1.60 bits per heavy atom. The number of nitrogens with one attached hydrogen (secondary N) is 1. The zero-order valence-electron chi connectivity index (χ0n) is 5.24. The SMILES string of the molecule is NC(=O)C1(O)C=CC=CN1. The van der Waals surface area contributed by atoms with Crippen LogP contribution in [0, 0.1) is 0 Å². The molecule has 1 atom stereocenters. The van der Waals surface area contributed by atoms with Crippen LogP contribution in [0.5, 0.6) is 0 Å². The smallest absolute Gasteiger partial charge is 0.274 e. The summed E-state index contributed by atoms with van der Waals surface area (Å²) in [6.45, 7) is 0. The number of carbonyl (C=O) groups is 1. The maximum absolute atomic E-state index is 10.5. The summed E-state index contributed by atoms with van der Waals surface area (Å²) in [4.78, 5) is 10.5. The summed E-state index contributed by atoms with van der Waals surface area (Å²) in [5.41, 5.74) is 3.17. The predicted octanol–water partition coefficient (Wildman–Crippen LogP) is -1.17. The van der Waals surface area contributed by atoms with Gasteiger partial charge < -0.3 is 16.2 Å². The minimum Gasteiger partial charge on any atom is -0.365 e. The van der Waals surface area contributed by atoms with E-state index in [0.717, 1.165) is 0 Å². The van der Waals surface area contributed by atoms with Gasteiger partial charge in [-0.1, -0.05) is 6.08 Å². The average Bonchev–Trinajstić information content (AvgIpc) is 1.89. The second kappa shape index (κ2) is 2.15. The van der Waals surface area contributed by atoms with E-state index in [-0.39, 0.29) is 0 Å². The fourth-order valence-electron chi connectivity index (χ4n) is 0.627. The molecular formula is C6H8N2O2. The summed E-state index contributed by atoms with van der Waals surface area (Å²) in [5.74, 6) is -0.812. The van der Waals surface area contributed by atoms with E-state index in [1.165, 1.54) is 12.3 Å². The Morgan fingerprint density at radius 3 is 2.60 bits per heavy atom. The first-order chi connectivity index (χ1) is 4.65. The zero-order chi connectivity index (χ0) is 7.61. The molecule has 54 valence electrons. The molecule has 1 aliphatic rings. The van der Waals surface area contributed by atoms with E-state index >= 15 is 0 Å². The summed E-state index contributed by atoms with van der Waals surface area (Å²) in [7, 11) is 0. The molecule has 0 saturated carbocycles. The summed E-state index contributed by atoms with van der Waals surface area (Å²) < 4.78 is 0. The first kappa shape index (κ1) is 6.82. The number of primary amides is 1. The molecule has 10 heavy (non-hydrogen) atoms. The number of amides is 1. The van der Waals surface area contributed by atoms with Crippen molar-refractivity contribution in [2.45, 2.75) is 5.72 Å². The minimum atomic E-state index is -1.70. The number of hydrogen-bond acceptors (Lipinski definition) is 3. The third-order valence-electron chi connectivity index (χ3n) is 1.22. The highest BCUT2D eigenvalue weighted by Gasteiger charge is 2.29. The van der Waals surface area contributed by atoms with Crippen LogP contribution in [0.3, 0.4) is 0 Å². The standard InChI is InChI=1S/C6H8N2O2/c7-5(9)6(10)3-1-2-4-8-6/h1-4,8,10H,(H2,7,9). The molecule has 1 rings (SSSR count). The molecule has 1 amide bonds. The maximum atomic E-state index is 10.5. The predicted molar refractivity (Wildman–Crippen MR) is 35.6 cm³/mol. The number of allylic oxidation sites excluding steroid dienone is 2. The van der Waals surface area contributed by atoms with E-state index in [4.69, 9.17) is 5.73 Å². The molecular weight excluding hydrogens is 132 g/mol. The molecule has 0 aromatic rings. The highest BCUT2D eigenvalue weighted by molar-refractivity contribution is 5.85. The molecule has 0 aromatic carbocycles. The quantitative estimate of drug-likeness (QED) is 0.429. The summed E-state index contributed by atoms with van der Waals surface area (Å²) in [5, 5.41) is 11.6. The van der Waals surface area contributed by atoms with E-state index in [9.17, 15) is 9.90 Å². The van der Waals surface area contributed by atoms with Gasteiger partial charge >= 0.3 is 0 Å². The highest BCUT2D eigenvalue weighted by atomic mass is 16.3. The van der Waals surface area contributed by atoms with Gasteiger partial charge in [0.1, 0.15) is 0 Å². The minimum absolute atomic E-state index is 0.812. The lowest BCUT2D eigenvalue weighted by Crippen LogP contribution is -2.52. The Kier molecular flexibility index (Phi) is 1.47. The van der Waals surface area contributed by atoms with Gasteiger partial charge in [-0.25, -0.2) is 0 Å². The first-order valence-electron chi connectivity index (χ1n) is 2.79. The Hall–Kier alpha value is -1.29. The molecule has 0 radical (unpaired) electrons. The Labute approximate surface area is 58.0 Å². The van der Waals surface area contributed by atoms with Gasteiger partial charge in [0.05, 0.1) is 0 Å². The molecule has 0 spiro atoms. The van der Waals surface area contributed by atoms with Crippen molar-refractivity contribution in [3.8, 4) is 0 Å². The van der Waals surface area contributed by atoms with Crippen molar-refractivity contribution >= 4 is 5.91 Å². The second-order valence-corrected chi connectivity index (χ2v) is 1.99. The van der Waals surface area contributed by atoms with Gasteiger partial charge in [-0.05, 0) is 18.4 Å². The number of dihydropyridines is 1. The van der Waals surface area contributed by atoms with Crippen LogP contribution in [-0.2, 0) is 4.79 Å². The normalized spacial score (nSPS) is 29.7. The Balaban J connectivity index is 2.80. The van der Waals surface area contributed by atoms with Crippen molar-refractivity contribution in [3.63, 3.8) is 0 Å². The zero-order valence-corrected chi connectivity index (χ0v) is 5.24. The van der Waals surface area contributed by atoms with Crippen molar-refractivity contribution in [1.82, 2.24) is 5.32 Å². The molecule has 1 aliphatic heterocycles. The molecule has 1 unspecified atom stereocenters. The van der Waals surface area contributed by atoms with Crippen LogP contribution in [-0.4, -0.2) is 16.7 Å². The van der Waals surface area contributed by atoms with Gasteiger partial charge in [0.15, 0.2) is 0 Å². The van der Waals surface area contributed by atoms with Crippen LogP contribution in [0.25, 0.3) is 0 Å². The maximum Gasteiger partial charge on any atom is 0.274 e. The molecule has 4 N–H and O–H groups in total. The van der Waals surface area contributed by atoms with Crippen molar-refractivity contribution < 1.29 is 9.90 Å². The summed E-state index contributed by atoms with van der Waals surface area (Å²) in [6.07, 6.45) is 5.93. The molecule has 0 aromatic heterocycles. The Morgan fingerprint density at radius 2 is 2.30 bits per heavy atom. The van der Waals surface area contributed by atoms with Crippen molar-refractivity contribution in [1.29, 1.82) is 0 Å².